The van der Waals surface area contributed by atoms with Crippen LogP contribution < -0.4 is 0 Å². The van der Waals surface area contributed by atoms with Crippen molar-refractivity contribution in [3.8, 4) is 0 Å². The summed E-state index contributed by atoms with van der Waals surface area (Å²) < 4.78 is 3.88. The first kappa shape index (κ1) is 19.0. The van der Waals surface area contributed by atoms with E-state index in [1.54, 1.807) is 31.2 Å². The fourth-order valence-electron chi connectivity index (χ4n) is 2.03. The van der Waals surface area contributed by atoms with Gasteiger partial charge >= 0.3 is 5.97 Å². The summed E-state index contributed by atoms with van der Waals surface area (Å²) in [4.78, 5) is 36.6. The van der Waals surface area contributed by atoms with Crippen molar-refractivity contribution in [2.24, 2.45) is 5.92 Å². The van der Waals surface area contributed by atoms with Crippen molar-refractivity contribution >= 4 is 49.4 Å². The summed E-state index contributed by atoms with van der Waals surface area (Å²) in [6, 6.07) is 8.68. The second kappa shape index (κ2) is 8.58. The molecule has 0 radical (unpaired) electrons. The van der Waals surface area contributed by atoms with Crippen LogP contribution in [0, 0.1) is 5.92 Å². The van der Waals surface area contributed by atoms with E-state index in [9.17, 15) is 14.4 Å². The Morgan fingerprint density at radius 1 is 1.23 bits per heavy atom. The van der Waals surface area contributed by atoms with E-state index in [2.05, 4.69) is 31.9 Å². The standard InChI is InChI=1S/C16H18Br2O4/c1-3-22-15(21)13(16(18,10-17)11(2)19)9-14(20)12-7-5-4-6-8-12/h4-8,13H,3,9-10H2,1-2H3/t13-,16?/m1/s1. The third-order valence-electron chi connectivity index (χ3n) is 3.39. The van der Waals surface area contributed by atoms with Crippen molar-refractivity contribution in [2.45, 2.75) is 24.6 Å². The molecule has 0 spiro atoms. The first-order valence-corrected chi connectivity index (χ1v) is 8.79. The van der Waals surface area contributed by atoms with E-state index in [0.29, 0.717) is 5.56 Å². The topological polar surface area (TPSA) is 60.4 Å². The Morgan fingerprint density at radius 3 is 2.27 bits per heavy atom. The van der Waals surface area contributed by atoms with Gasteiger partial charge in [0.15, 0.2) is 5.78 Å². The fraction of sp³-hybridized carbons (Fsp3) is 0.438. The van der Waals surface area contributed by atoms with Crippen LogP contribution in [0.5, 0.6) is 0 Å². The van der Waals surface area contributed by atoms with Crippen LogP contribution >= 0.6 is 31.9 Å². The zero-order valence-electron chi connectivity index (χ0n) is 12.5. The zero-order chi connectivity index (χ0) is 16.8. The molecule has 1 aromatic rings. The molecule has 1 rings (SSSR count). The van der Waals surface area contributed by atoms with Gasteiger partial charge in [0, 0.05) is 17.3 Å². The molecule has 6 heteroatoms. The number of rotatable bonds is 8. The molecule has 0 aliphatic rings. The van der Waals surface area contributed by atoms with E-state index in [4.69, 9.17) is 4.74 Å². The summed E-state index contributed by atoms with van der Waals surface area (Å²) in [5, 5.41) is 0.209. The smallest absolute Gasteiger partial charge is 0.311 e. The van der Waals surface area contributed by atoms with Gasteiger partial charge in [-0.2, -0.15) is 0 Å². The predicted octanol–water partition coefficient (Wildman–Crippen LogP) is 3.56. The molecule has 1 unspecified atom stereocenters. The van der Waals surface area contributed by atoms with Gasteiger partial charge in [-0.15, -0.1) is 0 Å². The Bertz CT molecular complexity index is 544. The number of hydrogen-bond acceptors (Lipinski definition) is 4. The summed E-state index contributed by atoms with van der Waals surface area (Å²) in [6.45, 7) is 3.26. The monoisotopic (exact) mass is 432 g/mol. The number of carbonyl (C=O) groups is 3. The normalized spacial score (nSPS) is 14.7. The molecule has 0 aliphatic heterocycles. The van der Waals surface area contributed by atoms with Crippen LogP contribution in [-0.2, 0) is 14.3 Å². The highest BCUT2D eigenvalue weighted by Crippen LogP contribution is 2.35. The van der Waals surface area contributed by atoms with Crippen molar-refractivity contribution in [1.29, 1.82) is 0 Å². The Labute approximate surface area is 146 Å². The lowest BCUT2D eigenvalue weighted by molar-refractivity contribution is -0.150. The molecule has 0 saturated carbocycles. The molecule has 1 aromatic carbocycles. The van der Waals surface area contributed by atoms with Gasteiger partial charge in [0.1, 0.15) is 10.1 Å². The van der Waals surface area contributed by atoms with Gasteiger partial charge in [0.2, 0.25) is 0 Å². The number of ether oxygens (including phenoxy) is 1. The minimum Gasteiger partial charge on any atom is -0.466 e. The van der Waals surface area contributed by atoms with Crippen LogP contribution in [0.25, 0.3) is 0 Å². The summed E-state index contributed by atoms with van der Waals surface area (Å²) in [6.07, 6.45) is -0.0979. The van der Waals surface area contributed by atoms with E-state index in [0.717, 1.165) is 0 Å². The molecule has 120 valence electrons. The van der Waals surface area contributed by atoms with Gasteiger partial charge in [-0.25, -0.2) is 0 Å². The van der Waals surface area contributed by atoms with Crippen molar-refractivity contribution in [3.63, 3.8) is 0 Å². The van der Waals surface area contributed by atoms with Crippen LogP contribution in [0.15, 0.2) is 30.3 Å². The van der Waals surface area contributed by atoms with E-state index >= 15 is 0 Å². The van der Waals surface area contributed by atoms with Gasteiger partial charge in [0.25, 0.3) is 0 Å². The molecule has 0 saturated heterocycles. The van der Waals surface area contributed by atoms with Crippen LogP contribution in [0.4, 0.5) is 0 Å². The number of Topliss-reactive ketones (excluding diaryl/α,β-unsaturated/α-hetero) is 2. The molecule has 22 heavy (non-hydrogen) atoms. The second-order valence-corrected chi connectivity index (χ2v) is 6.83. The van der Waals surface area contributed by atoms with Gasteiger partial charge in [-0.05, 0) is 13.8 Å². The Kier molecular flexibility index (Phi) is 7.42. The van der Waals surface area contributed by atoms with Crippen molar-refractivity contribution < 1.29 is 19.1 Å². The number of alkyl halides is 2. The molecule has 0 fully saturated rings. The van der Waals surface area contributed by atoms with Crippen LogP contribution in [0.1, 0.15) is 30.6 Å². The molecule has 4 nitrogen and oxygen atoms in total. The lowest BCUT2D eigenvalue weighted by Crippen LogP contribution is -2.46. The largest absolute Gasteiger partial charge is 0.466 e. The summed E-state index contributed by atoms with van der Waals surface area (Å²) in [7, 11) is 0. The van der Waals surface area contributed by atoms with E-state index in [1.807, 2.05) is 6.07 Å². The van der Waals surface area contributed by atoms with Gasteiger partial charge in [-0.1, -0.05) is 62.2 Å². The third-order valence-corrected chi connectivity index (χ3v) is 6.42. The zero-order valence-corrected chi connectivity index (χ0v) is 15.6. The predicted molar refractivity (Wildman–Crippen MR) is 91.6 cm³/mol. The molecule has 0 aromatic heterocycles. The number of halogens is 2. The molecular weight excluding hydrogens is 416 g/mol. The minimum atomic E-state index is -1.16. The number of benzene rings is 1. The fourth-order valence-corrected chi connectivity index (χ4v) is 3.17. The summed E-state index contributed by atoms with van der Waals surface area (Å²) in [5.41, 5.74) is 0.504. The highest BCUT2D eigenvalue weighted by atomic mass is 79.9. The van der Waals surface area contributed by atoms with E-state index in [1.165, 1.54) is 6.92 Å². The van der Waals surface area contributed by atoms with Crippen LogP contribution in [0.3, 0.4) is 0 Å². The molecule has 0 bridgehead atoms. The minimum absolute atomic E-state index is 0.0979. The average Bonchev–Trinajstić information content (AvgIpc) is 2.52. The Balaban J connectivity index is 3.08. The molecule has 0 N–H and O–H groups in total. The number of ketones is 2. The lowest BCUT2D eigenvalue weighted by Gasteiger charge is -2.30. The SMILES string of the molecule is CCOC(=O)[C@@H](CC(=O)c1ccccc1)C(Br)(CBr)C(C)=O. The Morgan fingerprint density at radius 2 is 1.82 bits per heavy atom. The third kappa shape index (κ3) is 4.49. The molecule has 0 heterocycles. The first-order chi connectivity index (χ1) is 10.4. The van der Waals surface area contributed by atoms with Crippen LogP contribution in [-0.4, -0.2) is 33.8 Å². The molecule has 2 atom stereocenters. The van der Waals surface area contributed by atoms with E-state index < -0.39 is 16.2 Å². The number of carbonyl (C=O) groups excluding carboxylic acids is 3. The van der Waals surface area contributed by atoms with Gasteiger partial charge in [0.05, 0.1) is 12.5 Å². The first-order valence-electron chi connectivity index (χ1n) is 6.87. The number of hydrogen-bond donors (Lipinski definition) is 0. The maximum absolute atomic E-state index is 12.4. The number of esters is 1. The average molecular weight is 434 g/mol. The second-order valence-electron chi connectivity index (χ2n) is 4.85. The molecule has 0 aliphatic carbocycles. The summed E-state index contributed by atoms with van der Waals surface area (Å²) >= 11 is 6.59. The Hall–Kier alpha value is -1.01. The summed E-state index contributed by atoms with van der Waals surface area (Å²) in [5.74, 6) is -1.89. The van der Waals surface area contributed by atoms with Crippen LogP contribution in [0.2, 0.25) is 0 Å². The van der Waals surface area contributed by atoms with Crippen molar-refractivity contribution in [2.75, 3.05) is 11.9 Å². The highest BCUT2D eigenvalue weighted by Gasteiger charge is 2.46. The van der Waals surface area contributed by atoms with Crippen molar-refractivity contribution in [1.82, 2.24) is 0 Å². The highest BCUT2D eigenvalue weighted by molar-refractivity contribution is 9.12. The van der Waals surface area contributed by atoms with Gasteiger partial charge in [-0.3, -0.25) is 14.4 Å². The maximum Gasteiger partial charge on any atom is 0.311 e. The lowest BCUT2D eigenvalue weighted by atomic mass is 9.85. The maximum atomic E-state index is 12.4. The van der Waals surface area contributed by atoms with Crippen molar-refractivity contribution in [3.05, 3.63) is 35.9 Å². The van der Waals surface area contributed by atoms with E-state index in [-0.39, 0.29) is 29.9 Å². The van der Waals surface area contributed by atoms with Gasteiger partial charge < -0.3 is 4.74 Å². The molecular formula is C16H18Br2O4. The molecule has 0 amide bonds. The quantitative estimate of drug-likeness (QED) is 0.357.